The Balaban J connectivity index is 2.01. The van der Waals surface area contributed by atoms with Crippen LogP contribution in [0.1, 0.15) is 46.4 Å². The van der Waals surface area contributed by atoms with Crippen molar-refractivity contribution in [3.05, 3.63) is 35.4 Å². The van der Waals surface area contributed by atoms with Gasteiger partial charge >= 0.3 is 11.9 Å². The van der Waals surface area contributed by atoms with E-state index in [1.54, 1.807) is 0 Å². The molecule has 1 aromatic rings. The van der Waals surface area contributed by atoms with E-state index in [4.69, 9.17) is 10.2 Å². The van der Waals surface area contributed by atoms with Gasteiger partial charge in [0.2, 0.25) is 0 Å². The Morgan fingerprint density at radius 2 is 1.25 bits per heavy atom. The number of aliphatic carboxylic acids is 1. The summed E-state index contributed by atoms with van der Waals surface area (Å²) in [6.45, 7) is 0. The molecule has 0 atom stereocenters. The summed E-state index contributed by atoms with van der Waals surface area (Å²) < 4.78 is 0. The molecule has 2 N–H and O–H groups in total. The van der Waals surface area contributed by atoms with Crippen LogP contribution >= 0.6 is 0 Å². The van der Waals surface area contributed by atoms with Crippen molar-refractivity contribution < 1.29 is 24.6 Å². The maximum atomic E-state index is 12.3. The number of rotatable bonds is 4. The highest BCUT2D eigenvalue weighted by atomic mass is 16.4. The summed E-state index contributed by atoms with van der Waals surface area (Å²) in [5.74, 6) is -2.33. The highest BCUT2D eigenvalue weighted by molar-refractivity contribution is 5.99. The second kappa shape index (κ2) is 5.86. The van der Waals surface area contributed by atoms with Crippen molar-refractivity contribution in [3.63, 3.8) is 0 Å². The number of hydrogen-bond acceptors (Lipinski definition) is 3. The maximum Gasteiger partial charge on any atom is 0.335 e. The van der Waals surface area contributed by atoms with E-state index in [1.807, 2.05) is 0 Å². The van der Waals surface area contributed by atoms with Crippen LogP contribution in [0.4, 0.5) is 0 Å². The SMILES string of the molecule is O=C(O)c1ccc(C(=O)C2CCC(C(=O)O)CC2)cc1. The first kappa shape index (κ1) is 14.2. The first-order valence-corrected chi connectivity index (χ1v) is 6.59. The zero-order chi connectivity index (χ0) is 14.7. The van der Waals surface area contributed by atoms with Crippen molar-refractivity contribution >= 4 is 17.7 Å². The molecule has 0 radical (unpaired) electrons. The summed E-state index contributed by atoms with van der Waals surface area (Å²) in [4.78, 5) is 33.9. The van der Waals surface area contributed by atoms with Gasteiger partial charge in [-0.3, -0.25) is 9.59 Å². The van der Waals surface area contributed by atoms with E-state index in [0.29, 0.717) is 31.2 Å². The predicted molar refractivity (Wildman–Crippen MR) is 70.8 cm³/mol. The van der Waals surface area contributed by atoms with Crippen molar-refractivity contribution in [2.45, 2.75) is 25.7 Å². The summed E-state index contributed by atoms with van der Waals surface area (Å²) in [7, 11) is 0. The number of aromatic carboxylic acids is 1. The van der Waals surface area contributed by atoms with Crippen molar-refractivity contribution in [3.8, 4) is 0 Å². The molecule has 1 aliphatic carbocycles. The second-order valence-electron chi connectivity index (χ2n) is 5.13. The fraction of sp³-hybridized carbons (Fsp3) is 0.400. The molecule has 20 heavy (non-hydrogen) atoms. The molecule has 0 heterocycles. The quantitative estimate of drug-likeness (QED) is 0.824. The highest BCUT2D eigenvalue weighted by Crippen LogP contribution is 2.31. The average Bonchev–Trinajstić information content (AvgIpc) is 2.46. The van der Waals surface area contributed by atoms with Gasteiger partial charge < -0.3 is 10.2 Å². The number of Topliss-reactive ketones (excluding diaryl/α,β-unsaturated/α-hetero) is 1. The normalized spacial score (nSPS) is 22.2. The second-order valence-corrected chi connectivity index (χ2v) is 5.13. The zero-order valence-electron chi connectivity index (χ0n) is 10.9. The molecule has 0 aliphatic heterocycles. The van der Waals surface area contributed by atoms with Crippen LogP contribution in [0, 0.1) is 11.8 Å². The van der Waals surface area contributed by atoms with Gasteiger partial charge in [0.15, 0.2) is 5.78 Å². The standard InChI is InChI=1S/C15H16O5/c16-13(9-1-5-11(6-2-9)14(17)18)10-3-7-12(8-4-10)15(19)20/h1-2,5-6,10,12H,3-4,7-8H2,(H,17,18)(H,19,20). The van der Waals surface area contributed by atoms with Crippen molar-refractivity contribution in [2.75, 3.05) is 0 Å². The molecular weight excluding hydrogens is 260 g/mol. The van der Waals surface area contributed by atoms with Gasteiger partial charge in [0, 0.05) is 11.5 Å². The third-order valence-electron chi connectivity index (χ3n) is 3.86. The van der Waals surface area contributed by atoms with Crippen LogP contribution in [0.2, 0.25) is 0 Å². The molecule has 0 saturated heterocycles. The monoisotopic (exact) mass is 276 g/mol. The van der Waals surface area contributed by atoms with E-state index in [-0.39, 0.29) is 23.2 Å². The smallest absolute Gasteiger partial charge is 0.335 e. The molecule has 0 unspecified atom stereocenters. The highest BCUT2D eigenvalue weighted by Gasteiger charge is 2.30. The summed E-state index contributed by atoms with van der Waals surface area (Å²) in [6, 6.07) is 5.88. The number of carboxylic acids is 2. The van der Waals surface area contributed by atoms with E-state index < -0.39 is 11.9 Å². The van der Waals surface area contributed by atoms with Gasteiger partial charge in [0.1, 0.15) is 0 Å². The van der Waals surface area contributed by atoms with Gasteiger partial charge in [-0.15, -0.1) is 0 Å². The van der Waals surface area contributed by atoms with Gasteiger partial charge in [0.05, 0.1) is 11.5 Å². The topological polar surface area (TPSA) is 91.7 Å². The lowest BCUT2D eigenvalue weighted by Gasteiger charge is -2.25. The van der Waals surface area contributed by atoms with Gasteiger partial charge in [-0.25, -0.2) is 4.79 Å². The van der Waals surface area contributed by atoms with Crippen molar-refractivity contribution in [1.82, 2.24) is 0 Å². The van der Waals surface area contributed by atoms with E-state index in [0.717, 1.165) is 0 Å². The van der Waals surface area contributed by atoms with Crippen molar-refractivity contribution in [1.29, 1.82) is 0 Å². The summed E-state index contributed by atoms with van der Waals surface area (Å²) in [5, 5.41) is 17.7. The molecule has 1 saturated carbocycles. The Hall–Kier alpha value is -2.17. The Morgan fingerprint density at radius 3 is 1.70 bits per heavy atom. The van der Waals surface area contributed by atoms with Gasteiger partial charge in [0.25, 0.3) is 0 Å². The Labute approximate surface area is 116 Å². The summed E-state index contributed by atoms with van der Waals surface area (Å²) in [5.41, 5.74) is 0.643. The first-order valence-electron chi connectivity index (χ1n) is 6.59. The minimum atomic E-state index is -1.02. The van der Waals surface area contributed by atoms with Crippen LogP contribution in [-0.4, -0.2) is 27.9 Å². The minimum Gasteiger partial charge on any atom is -0.481 e. The lowest BCUT2D eigenvalue weighted by molar-refractivity contribution is -0.143. The molecule has 106 valence electrons. The van der Waals surface area contributed by atoms with E-state index in [9.17, 15) is 14.4 Å². The van der Waals surface area contributed by atoms with E-state index in [2.05, 4.69) is 0 Å². The maximum absolute atomic E-state index is 12.3. The number of carboxylic acid groups (broad SMARTS) is 2. The fourth-order valence-electron chi connectivity index (χ4n) is 2.62. The molecule has 1 aromatic carbocycles. The molecule has 0 bridgehead atoms. The number of carbonyl (C=O) groups is 3. The third-order valence-corrected chi connectivity index (χ3v) is 3.86. The lowest BCUT2D eigenvalue weighted by Crippen LogP contribution is -2.25. The first-order chi connectivity index (χ1) is 9.49. The molecule has 0 aromatic heterocycles. The summed E-state index contributed by atoms with van der Waals surface area (Å²) in [6.07, 6.45) is 2.21. The molecular formula is C15H16O5. The largest absolute Gasteiger partial charge is 0.481 e. The molecule has 1 aliphatic rings. The lowest BCUT2D eigenvalue weighted by atomic mass is 9.78. The van der Waals surface area contributed by atoms with Crippen LogP contribution in [0.3, 0.4) is 0 Å². The third kappa shape index (κ3) is 3.04. The molecule has 0 amide bonds. The van der Waals surface area contributed by atoms with Gasteiger partial charge in [-0.2, -0.15) is 0 Å². The van der Waals surface area contributed by atoms with E-state index >= 15 is 0 Å². The Morgan fingerprint density at radius 1 is 0.800 bits per heavy atom. The molecule has 0 spiro atoms. The van der Waals surface area contributed by atoms with Gasteiger partial charge in [-0.05, 0) is 37.8 Å². The molecule has 5 nitrogen and oxygen atoms in total. The number of benzene rings is 1. The van der Waals surface area contributed by atoms with Crippen LogP contribution in [0.25, 0.3) is 0 Å². The zero-order valence-corrected chi connectivity index (χ0v) is 10.9. The summed E-state index contributed by atoms with van der Waals surface area (Å²) >= 11 is 0. The minimum absolute atomic E-state index is 0.0224. The van der Waals surface area contributed by atoms with E-state index in [1.165, 1.54) is 24.3 Å². The van der Waals surface area contributed by atoms with Crippen LogP contribution in [0.5, 0.6) is 0 Å². The van der Waals surface area contributed by atoms with Crippen molar-refractivity contribution in [2.24, 2.45) is 11.8 Å². The van der Waals surface area contributed by atoms with Gasteiger partial charge in [-0.1, -0.05) is 12.1 Å². The number of ketones is 1. The molecule has 1 fully saturated rings. The molecule has 2 rings (SSSR count). The average molecular weight is 276 g/mol. The number of hydrogen-bond donors (Lipinski definition) is 2. The fourth-order valence-corrected chi connectivity index (χ4v) is 2.62. The Kier molecular flexibility index (Phi) is 4.17. The predicted octanol–water partition coefficient (Wildman–Crippen LogP) is 2.46. The van der Waals surface area contributed by atoms with Crippen LogP contribution in [0.15, 0.2) is 24.3 Å². The van der Waals surface area contributed by atoms with Crippen LogP contribution in [-0.2, 0) is 4.79 Å². The molecule has 5 heteroatoms. The number of carbonyl (C=O) groups excluding carboxylic acids is 1. The Bertz CT molecular complexity index is 524. The van der Waals surface area contributed by atoms with Crippen LogP contribution < -0.4 is 0 Å².